The van der Waals surface area contributed by atoms with Crippen LogP contribution in [0.4, 0.5) is 17.6 Å². The van der Waals surface area contributed by atoms with E-state index in [-0.39, 0.29) is 10.7 Å². The molecule has 0 atom stereocenters. The van der Waals surface area contributed by atoms with Crippen LogP contribution in [-0.4, -0.2) is 26.6 Å². The smallest absolute Gasteiger partial charge is 0.435 e. The average molecular weight is 320 g/mol. The first-order chi connectivity index (χ1) is 9.77. The van der Waals surface area contributed by atoms with Gasteiger partial charge in [0, 0.05) is 6.07 Å². The molecule has 0 spiro atoms. The maximum absolute atomic E-state index is 13.2. The summed E-state index contributed by atoms with van der Waals surface area (Å²) in [6.07, 6.45) is -4.67. The Balaban J connectivity index is 2.46. The monoisotopic (exact) mass is 320 g/mol. The number of thioether (sulfide) groups is 1. The van der Waals surface area contributed by atoms with Gasteiger partial charge in [0.2, 0.25) is 0 Å². The molecule has 0 saturated heterocycles. The Bertz CT molecular complexity index is 670. The van der Waals surface area contributed by atoms with Crippen LogP contribution in [0.3, 0.4) is 0 Å². The van der Waals surface area contributed by atoms with Gasteiger partial charge in [-0.2, -0.15) is 18.3 Å². The molecular formula is C12H8F4N2O2S. The number of nitrogens with zero attached hydrogens (tertiary/aromatic N) is 2. The molecule has 112 valence electrons. The van der Waals surface area contributed by atoms with E-state index in [1.165, 1.54) is 12.1 Å². The van der Waals surface area contributed by atoms with E-state index in [1.54, 1.807) is 0 Å². The molecule has 1 N–H and O–H groups in total. The number of carbonyl (C=O) groups is 1. The summed E-state index contributed by atoms with van der Waals surface area (Å²) in [6.45, 7) is 0. The molecule has 21 heavy (non-hydrogen) atoms. The number of aliphatic carboxylic acids is 1. The molecule has 2 aromatic rings. The molecule has 2 rings (SSSR count). The highest BCUT2D eigenvalue weighted by molar-refractivity contribution is 7.99. The van der Waals surface area contributed by atoms with Crippen LogP contribution < -0.4 is 0 Å². The number of aromatic nitrogens is 2. The van der Waals surface area contributed by atoms with Crippen molar-refractivity contribution in [3.05, 3.63) is 41.8 Å². The van der Waals surface area contributed by atoms with E-state index in [0.29, 0.717) is 11.8 Å². The van der Waals surface area contributed by atoms with Crippen LogP contribution in [0.2, 0.25) is 0 Å². The Morgan fingerprint density at radius 1 is 1.33 bits per heavy atom. The minimum absolute atomic E-state index is 0.0321. The Hall–Kier alpha value is -2.03. The van der Waals surface area contributed by atoms with Crippen LogP contribution >= 0.6 is 11.8 Å². The van der Waals surface area contributed by atoms with Crippen molar-refractivity contribution in [1.82, 2.24) is 9.78 Å². The first kappa shape index (κ1) is 15.4. The van der Waals surface area contributed by atoms with E-state index in [1.807, 2.05) is 0 Å². The Kier molecular flexibility index (Phi) is 4.21. The van der Waals surface area contributed by atoms with Crippen molar-refractivity contribution in [3.63, 3.8) is 0 Å². The minimum Gasteiger partial charge on any atom is -0.481 e. The molecular weight excluding hydrogens is 312 g/mol. The first-order valence-corrected chi connectivity index (χ1v) is 6.54. The SMILES string of the molecule is O=C(O)CSc1cc(C(F)(F)F)nn1-c1cccc(F)c1. The third-order valence-corrected chi connectivity index (χ3v) is 3.34. The zero-order chi connectivity index (χ0) is 15.6. The molecule has 9 heteroatoms. The molecule has 4 nitrogen and oxygen atoms in total. The highest BCUT2D eigenvalue weighted by Crippen LogP contribution is 2.32. The third kappa shape index (κ3) is 3.75. The van der Waals surface area contributed by atoms with Gasteiger partial charge < -0.3 is 5.11 Å². The highest BCUT2D eigenvalue weighted by atomic mass is 32.2. The molecule has 0 saturated carbocycles. The minimum atomic E-state index is -4.67. The van der Waals surface area contributed by atoms with Crippen LogP contribution in [0, 0.1) is 5.82 Å². The zero-order valence-corrected chi connectivity index (χ0v) is 11.1. The predicted molar refractivity (Wildman–Crippen MR) is 66.9 cm³/mol. The Labute approximate surface area is 120 Å². The van der Waals surface area contributed by atoms with Gasteiger partial charge in [-0.3, -0.25) is 4.79 Å². The van der Waals surface area contributed by atoms with Crippen molar-refractivity contribution in [3.8, 4) is 5.69 Å². The molecule has 0 aliphatic rings. The second kappa shape index (κ2) is 5.76. The number of carboxylic acid groups (broad SMARTS) is 1. The number of carboxylic acids is 1. The van der Waals surface area contributed by atoms with Crippen molar-refractivity contribution in [2.75, 3.05) is 5.75 Å². The van der Waals surface area contributed by atoms with Crippen molar-refractivity contribution >= 4 is 17.7 Å². The maximum Gasteiger partial charge on any atom is 0.435 e. The summed E-state index contributed by atoms with van der Waals surface area (Å²) >= 11 is 0.671. The van der Waals surface area contributed by atoms with Gasteiger partial charge in [0.15, 0.2) is 5.69 Å². The van der Waals surface area contributed by atoms with Crippen LogP contribution in [0.5, 0.6) is 0 Å². The summed E-state index contributed by atoms with van der Waals surface area (Å²) < 4.78 is 52.1. The topological polar surface area (TPSA) is 55.1 Å². The third-order valence-electron chi connectivity index (χ3n) is 2.36. The van der Waals surface area contributed by atoms with Crippen molar-refractivity contribution < 1.29 is 27.5 Å². The van der Waals surface area contributed by atoms with E-state index in [2.05, 4.69) is 5.10 Å². The van der Waals surface area contributed by atoms with Gasteiger partial charge >= 0.3 is 12.1 Å². The molecule has 1 aromatic carbocycles. The van der Waals surface area contributed by atoms with Gasteiger partial charge in [0.1, 0.15) is 10.8 Å². The largest absolute Gasteiger partial charge is 0.481 e. The molecule has 0 fully saturated rings. The van der Waals surface area contributed by atoms with Gasteiger partial charge in [-0.1, -0.05) is 17.8 Å². The summed E-state index contributed by atoms with van der Waals surface area (Å²) in [5.41, 5.74) is -1.09. The fourth-order valence-corrected chi connectivity index (χ4v) is 2.27. The van der Waals surface area contributed by atoms with Gasteiger partial charge in [0.25, 0.3) is 0 Å². The van der Waals surface area contributed by atoms with Gasteiger partial charge in [-0.25, -0.2) is 9.07 Å². The van der Waals surface area contributed by atoms with E-state index in [9.17, 15) is 22.4 Å². The standard InChI is InChI=1S/C12H8F4N2O2S/c13-7-2-1-3-8(4-7)18-10(21-6-11(19)20)5-9(17-18)12(14,15)16/h1-5H,6H2,(H,19,20). The number of hydrogen-bond donors (Lipinski definition) is 1. The lowest BCUT2D eigenvalue weighted by atomic mass is 10.3. The Morgan fingerprint density at radius 2 is 2.05 bits per heavy atom. The molecule has 0 aliphatic heterocycles. The van der Waals surface area contributed by atoms with Gasteiger partial charge in [0.05, 0.1) is 11.4 Å². The van der Waals surface area contributed by atoms with Crippen molar-refractivity contribution in [1.29, 1.82) is 0 Å². The summed E-state index contributed by atoms with van der Waals surface area (Å²) in [7, 11) is 0. The molecule has 0 aliphatic carbocycles. The Morgan fingerprint density at radius 3 is 2.62 bits per heavy atom. The van der Waals surface area contributed by atoms with Crippen LogP contribution in [0.25, 0.3) is 5.69 Å². The summed E-state index contributed by atoms with van der Waals surface area (Å²) in [6, 6.07) is 5.59. The quantitative estimate of drug-likeness (QED) is 0.694. The van der Waals surface area contributed by atoms with Crippen LogP contribution in [0.1, 0.15) is 5.69 Å². The second-order valence-electron chi connectivity index (χ2n) is 3.94. The lowest BCUT2D eigenvalue weighted by Crippen LogP contribution is -2.07. The molecule has 0 amide bonds. The lowest BCUT2D eigenvalue weighted by Gasteiger charge is -2.06. The average Bonchev–Trinajstić information content (AvgIpc) is 2.80. The maximum atomic E-state index is 13.2. The molecule has 0 bridgehead atoms. The molecule has 0 unspecified atom stereocenters. The van der Waals surface area contributed by atoms with Gasteiger partial charge in [-0.15, -0.1) is 0 Å². The zero-order valence-electron chi connectivity index (χ0n) is 10.3. The van der Waals surface area contributed by atoms with Crippen molar-refractivity contribution in [2.45, 2.75) is 11.2 Å². The molecule has 1 heterocycles. The van der Waals surface area contributed by atoms with Gasteiger partial charge in [-0.05, 0) is 18.2 Å². The predicted octanol–water partition coefficient (Wildman–Crippen LogP) is 3.21. The van der Waals surface area contributed by atoms with E-state index in [0.717, 1.165) is 22.9 Å². The number of hydrogen-bond acceptors (Lipinski definition) is 3. The molecule has 0 radical (unpaired) electrons. The fourth-order valence-electron chi connectivity index (χ4n) is 1.53. The van der Waals surface area contributed by atoms with E-state index < -0.39 is 29.4 Å². The summed E-state index contributed by atoms with van der Waals surface area (Å²) in [5, 5.41) is 12.0. The second-order valence-corrected chi connectivity index (χ2v) is 4.94. The normalized spacial score (nSPS) is 11.6. The van der Waals surface area contributed by atoms with Crippen LogP contribution in [0.15, 0.2) is 35.4 Å². The number of halogens is 4. The summed E-state index contributed by atoms with van der Waals surface area (Å²) in [4.78, 5) is 10.5. The number of alkyl halides is 3. The number of rotatable bonds is 4. The summed E-state index contributed by atoms with van der Waals surface area (Å²) in [5.74, 6) is -2.25. The lowest BCUT2D eigenvalue weighted by molar-refractivity contribution is -0.141. The van der Waals surface area contributed by atoms with E-state index >= 15 is 0 Å². The van der Waals surface area contributed by atoms with E-state index in [4.69, 9.17) is 5.11 Å². The van der Waals surface area contributed by atoms with Crippen LogP contribution in [-0.2, 0) is 11.0 Å². The first-order valence-electron chi connectivity index (χ1n) is 5.55. The fraction of sp³-hybridized carbons (Fsp3) is 0.167. The molecule has 1 aromatic heterocycles. The highest BCUT2D eigenvalue weighted by Gasteiger charge is 2.35. The number of benzene rings is 1. The van der Waals surface area contributed by atoms with Crippen molar-refractivity contribution in [2.24, 2.45) is 0 Å².